The monoisotopic (exact) mass is 336 g/mol. The van der Waals surface area contributed by atoms with Crippen LogP contribution in [0, 0.1) is 0 Å². The van der Waals surface area contributed by atoms with Gasteiger partial charge in [0.15, 0.2) is 0 Å². The third kappa shape index (κ3) is 2.11. The topological polar surface area (TPSA) is 84.3 Å². The molecule has 2 aliphatic heterocycles. The number of nitrogens with one attached hydrogen (secondary N) is 1. The largest absolute Gasteiger partial charge is 0.348 e. The molecule has 124 valence electrons. The van der Waals surface area contributed by atoms with Crippen LogP contribution in [0.2, 0.25) is 0 Å². The van der Waals surface area contributed by atoms with Crippen molar-refractivity contribution in [3.63, 3.8) is 0 Å². The number of fused-ring (bicyclic) bond motifs is 3. The highest BCUT2D eigenvalue weighted by Gasteiger charge is 2.59. The van der Waals surface area contributed by atoms with Crippen LogP contribution in [-0.2, 0) is 10.2 Å². The second kappa shape index (κ2) is 5.09. The SMILES string of the molecule is CC(C)N1C(=O)NC(=O)C2(C)c3nc(=O)n(C(C)C)cc3SC12. The normalized spacial score (nSPS) is 26.6. The summed E-state index contributed by atoms with van der Waals surface area (Å²) in [6.45, 7) is 9.36. The molecule has 2 aliphatic rings. The lowest BCUT2D eigenvalue weighted by molar-refractivity contribution is -0.128. The van der Waals surface area contributed by atoms with Crippen LogP contribution in [0.15, 0.2) is 15.9 Å². The average molecular weight is 336 g/mol. The molecule has 1 aromatic rings. The van der Waals surface area contributed by atoms with Gasteiger partial charge in [0.2, 0.25) is 5.91 Å². The first-order valence-electron chi connectivity index (χ1n) is 7.62. The molecule has 23 heavy (non-hydrogen) atoms. The number of nitrogens with zero attached hydrogens (tertiary/aromatic N) is 3. The van der Waals surface area contributed by atoms with E-state index in [2.05, 4.69) is 10.3 Å². The van der Waals surface area contributed by atoms with Gasteiger partial charge in [-0.1, -0.05) is 11.8 Å². The zero-order chi connectivity index (χ0) is 17.1. The zero-order valence-electron chi connectivity index (χ0n) is 13.8. The molecule has 0 saturated carbocycles. The number of imide groups is 1. The van der Waals surface area contributed by atoms with Gasteiger partial charge in [-0.2, -0.15) is 4.98 Å². The van der Waals surface area contributed by atoms with Gasteiger partial charge in [0.25, 0.3) is 0 Å². The Kier molecular flexibility index (Phi) is 3.55. The fraction of sp³-hybridized carbons (Fsp3) is 0.600. The van der Waals surface area contributed by atoms with E-state index in [4.69, 9.17) is 0 Å². The average Bonchev–Trinajstić information content (AvgIpc) is 2.72. The molecule has 1 saturated heterocycles. The smallest absolute Gasteiger partial charge is 0.308 e. The van der Waals surface area contributed by atoms with E-state index >= 15 is 0 Å². The van der Waals surface area contributed by atoms with Crippen molar-refractivity contribution in [3.8, 4) is 0 Å². The molecule has 1 aromatic heterocycles. The standard InChI is InChI=1S/C15H20N4O3S/c1-7(2)18-6-9-10(16-13(18)21)15(5)11(20)17-14(22)19(8(3)4)12(15)23-9/h6-8,12H,1-5H3,(H,17,20,22). The number of carbonyl (C=O) groups excluding carboxylic acids is 2. The highest BCUT2D eigenvalue weighted by atomic mass is 32.2. The van der Waals surface area contributed by atoms with Gasteiger partial charge < -0.3 is 4.90 Å². The number of carbonyl (C=O) groups is 2. The van der Waals surface area contributed by atoms with Gasteiger partial charge in [0.1, 0.15) is 10.8 Å². The van der Waals surface area contributed by atoms with Crippen LogP contribution in [0.3, 0.4) is 0 Å². The summed E-state index contributed by atoms with van der Waals surface area (Å²) in [5.74, 6) is -0.398. The summed E-state index contributed by atoms with van der Waals surface area (Å²) in [5.41, 5.74) is -0.931. The summed E-state index contributed by atoms with van der Waals surface area (Å²) in [6, 6.07) is -0.488. The van der Waals surface area contributed by atoms with E-state index in [1.54, 1.807) is 22.6 Å². The molecule has 0 aliphatic carbocycles. The van der Waals surface area contributed by atoms with E-state index in [9.17, 15) is 14.4 Å². The maximum Gasteiger partial charge on any atom is 0.348 e. The summed E-state index contributed by atoms with van der Waals surface area (Å²) >= 11 is 1.43. The first kappa shape index (κ1) is 16.0. The Bertz CT molecular complexity index is 758. The summed E-state index contributed by atoms with van der Waals surface area (Å²) in [5, 5.41) is 2.01. The van der Waals surface area contributed by atoms with Crippen molar-refractivity contribution in [1.82, 2.24) is 19.8 Å². The Morgan fingerprint density at radius 2 is 1.87 bits per heavy atom. The molecule has 3 amide bonds. The molecule has 8 heteroatoms. The minimum atomic E-state index is -1.02. The van der Waals surface area contributed by atoms with Crippen molar-refractivity contribution in [1.29, 1.82) is 0 Å². The zero-order valence-corrected chi connectivity index (χ0v) is 14.6. The van der Waals surface area contributed by atoms with Crippen LogP contribution in [-0.4, -0.2) is 37.8 Å². The van der Waals surface area contributed by atoms with E-state index in [0.717, 1.165) is 4.90 Å². The van der Waals surface area contributed by atoms with Gasteiger partial charge in [-0.05, 0) is 34.6 Å². The Morgan fingerprint density at radius 3 is 2.43 bits per heavy atom. The maximum absolute atomic E-state index is 12.5. The molecule has 0 bridgehead atoms. The summed E-state index contributed by atoms with van der Waals surface area (Å²) < 4.78 is 1.55. The molecular formula is C15H20N4O3S. The molecule has 3 heterocycles. The predicted octanol–water partition coefficient (Wildman–Crippen LogP) is 1.47. The first-order chi connectivity index (χ1) is 10.7. The van der Waals surface area contributed by atoms with Crippen molar-refractivity contribution in [2.24, 2.45) is 0 Å². The molecule has 3 rings (SSSR count). The van der Waals surface area contributed by atoms with Crippen LogP contribution in [0.5, 0.6) is 0 Å². The molecular weight excluding hydrogens is 316 g/mol. The van der Waals surface area contributed by atoms with Gasteiger partial charge in [-0.25, -0.2) is 9.59 Å². The lowest BCUT2D eigenvalue weighted by Crippen LogP contribution is -2.66. The van der Waals surface area contributed by atoms with Crippen LogP contribution >= 0.6 is 11.8 Å². The van der Waals surface area contributed by atoms with Gasteiger partial charge in [0, 0.05) is 23.2 Å². The second-order valence-corrected chi connectivity index (χ2v) is 7.79. The molecule has 0 spiro atoms. The van der Waals surface area contributed by atoms with Crippen molar-refractivity contribution >= 4 is 23.7 Å². The molecule has 1 fully saturated rings. The summed E-state index contributed by atoms with van der Waals surface area (Å²) in [4.78, 5) is 43.6. The lowest BCUT2D eigenvalue weighted by atomic mass is 9.83. The van der Waals surface area contributed by atoms with Gasteiger partial charge in [0.05, 0.1) is 5.69 Å². The van der Waals surface area contributed by atoms with E-state index in [1.165, 1.54) is 11.8 Å². The maximum atomic E-state index is 12.5. The number of hydrogen-bond donors (Lipinski definition) is 1. The molecule has 0 radical (unpaired) electrons. The third-order valence-corrected chi connectivity index (χ3v) is 5.91. The van der Waals surface area contributed by atoms with Crippen molar-refractivity contribution in [2.45, 2.75) is 62.4 Å². The highest BCUT2D eigenvalue weighted by molar-refractivity contribution is 8.00. The van der Waals surface area contributed by atoms with Gasteiger partial charge in [-0.3, -0.25) is 14.7 Å². The molecule has 0 aromatic carbocycles. The number of aromatic nitrogens is 2. The Hall–Kier alpha value is -1.83. The second-order valence-electron chi connectivity index (χ2n) is 6.67. The number of amides is 3. The van der Waals surface area contributed by atoms with Gasteiger partial charge >= 0.3 is 11.7 Å². The minimum absolute atomic E-state index is 0.0204. The van der Waals surface area contributed by atoms with Crippen LogP contribution in [0.1, 0.15) is 46.4 Å². The predicted molar refractivity (Wildman–Crippen MR) is 86.4 cm³/mol. The van der Waals surface area contributed by atoms with E-state index in [1.807, 2.05) is 27.7 Å². The number of rotatable bonds is 2. The van der Waals surface area contributed by atoms with E-state index in [0.29, 0.717) is 5.69 Å². The summed E-state index contributed by atoms with van der Waals surface area (Å²) in [6.07, 6.45) is 1.75. The Morgan fingerprint density at radius 1 is 1.22 bits per heavy atom. The molecule has 7 nitrogen and oxygen atoms in total. The Balaban J connectivity index is 2.19. The third-order valence-electron chi connectivity index (χ3n) is 4.43. The van der Waals surface area contributed by atoms with Crippen LogP contribution < -0.4 is 11.0 Å². The molecule has 1 N–H and O–H groups in total. The van der Waals surface area contributed by atoms with E-state index < -0.39 is 22.7 Å². The lowest BCUT2D eigenvalue weighted by Gasteiger charge is -2.43. The van der Waals surface area contributed by atoms with Crippen molar-refractivity contribution in [3.05, 3.63) is 22.4 Å². The van der Waals surface area contributed by atoms with E-state index in [-0.39, 0.29) is 17.8 Å². The van der Waals surface area contributed by atoms with Crippen LogP contribution in [0.25, 0.3) is 0 Å². The summed E-state index contributed by atoms with van der Waals surface area (Å²) in [7, 11) is 0. The fourth-order valence-electron chi connectivity index (χ4n) is 3.09. The van der Waals surface area contributed by atoms with Crippen LogP contribution in [0.4, 0.5) is 4.79 Å². The molecule has 2 atom stereocenters. The van der Waals surface area contributed by atoms with Gasteiger partial charge in [-0.15, -0.1) is 0 Å². The number of thioether (sulfide) groups is 1. The fourth-order valence-corrected chi connectivity index (χ4v) is 4.78. The van der Waals surface area contributed by atoms with Crippen molar-refractivity contribution < 1.29 is 9.59 Å². The van der Waals surface area contributed by atoms with Crippen molar-refractivity contribution in [2.75, 3.05) is 0 Å². The minimum Gasteiger partial charge on any atom is -0.308 e. The quantitative estimate of drug-likeness (QED) is 0.884. The number of hydrogen-bond acceptors (Lipinski definition) is 5. The number of urea groups is 1. The first-order valence-corrected chi connectivity index (χ1v) is 8.50. The Labute approximate surface area is 138 Å². The highest BCUT2D eigenvalue weighted by Crippen LogP contribution is 2.51. The molecule has 2 unspecified atom stereocenters.